The van der Waals surface area contributed by atoms with E-state index in [1.165, 1.54) is 24.8 Å². The van der Waals surface area contributed by atoms with Crippen molar-refractivity contribution in [3.05, 3.63) is 59.9 Å². The van der Waals surface area contributed by atoms with Gasteiger partial charge >= 0.3 is 0 Å². The van der Waals surface area contributed by atoms with Crippen molar-refractivity contribution < 1.29 is 9.18 Å². The molecule has 0 fully saturated rings. The molecular weight excluding hydrogens is 273 g/mol. The lowest BCUT2D eigenvalue weighted by molar-refractivity contribution is 0.101. The van der Waals surface area contributed by atoms with E-state index in [2.05, 4.69) is 4.98 Å². The number of hydrogen-bond donors (Lipinski definition) is 1. The maximum atomic E-state index is 13.8. The quantitative estimate of drug-likeness (QED) is 0.710. The average molecular weight is 285 g/mol. The third kappa shape index (κ3) is 2.34. The van der Waals surface area contributed by atoms with Gasteiger partial charge in [0.25, 0.3) is 0 Å². The van der Waals surface area contributed by atoms with Crippen LogP contribution in [0, 0.1) is 5.82 Å². The Morgan fingerprint density at radius 3 is 2.70 bits per heavy atom. The normalized spacial score (nSPS) is 10.9. The molecule has 0 aliphatic rings. The van der Waals surface area contributed by atoms with Gasteiger partial charge in [-0.1, -0.05) is 36.0 Å². The van der Waals surface area contributed by atoms with E-state index in [0.717, 1.165) is 15.9 Å². The number of carbonyl (C=O) groups is 1. The summed E-state index contributed by atoms with van der Waals surface area (Å²) in [6.07, 6.45) is 0. The van der Waals surface area contributed by atoms with E-state index in [1.54, 1.807) is 12.1 Å². The number of aromatic amines is 1. The second-order valence-electron chi connectivity index (χ2n) is 4.49. The fraction of sp³-hybridized carbons (Fsp3) is 0.0625. The molecule has 3 rings (SSSR count). The maximum Gasteiger partial charge on any atom is 0.163 e. The molecule has 1 heterocycles. The molecule has 20 heavy (non-hydrogen) atoms. The Labute approximate surface area is 120 Å². The lowest BCUT2D eigenvalue weighted by Crippen LogP contribution is -1.99. The zero-order valence-corrected chi connectivity index (χ0v) is 11.6. The summed E-state index contributed by atoms with van der Waals surface area (Å²) in [6.45, 7) is 1.38. The van der Waals surface area contributed by atoms with Crippen LogP contribution in [0.2, 0.25) is 0 Å². The molecule has 0 atom stereocenters. The number of carbonyl (C=O) groups excluding carboxylic acids is 1. The molecule has 0 radical (unpaired) electrons. The fourth-order valence-corrected chi connectivity index (χ4v) is 3.22. The Bertz CT molecular complexity index is 761. The number of para-hydroxylation sites is 1. The van der Waals surface area contributed by atoms with Crippen LogP contribution in [-0.2, 0) is 0 Å². The number of halogens is 1. The van der Waals surface area contributed by atoms with Gasteiger partial charge in [0.1, 0.15) is 5.82 Å². The summed E-state index contributed by atoms with van der Waals surface area (Å²) >= 11 is 1.37. The van der Waals surface area contributed by atoms with Crippen molar-refractivity contribution in [3.8, 4) is 0 Å². The first kappa shape index (κ1) is 12.9. The van der Waals surface area contributed by atoms with Gasteiger partial charge in [-0.25, -0.2) is 4.39 Å². The number of fused-ring (bicyclic) bond motifs is 1. The highest BCUT2D eigenvalue weighted by atomic mass is 32.2. The molecule has 100 valence electrons. The minimum absolute atomic E-state index is 0.149. The number of aromatic nitrogens is 1. The van der Waals surface area contributed by atoms with Gasteiger partial charge in [-0.2, -0.15) is 0 Å². The average Bonchev–Trinajstić information content (AvgIpc) is 2.80. The minimum Gasteiger partial charge on any atom is -0.349 e. The van der Waals surface area contributed by atoms with Crippen molar-refractivity contribution >= 4 is 28.4 Å². The maximum absolute atomic E-state index is 13.8. The van der Waals surface area contributed by atoms with Crippen molar-refractivity contribution in [1.82, 2.24) is 4.98 Å². The smallest absolute Gasteiger partial charge is 0.163 e. The number of nitrogens with one attached hydrogen (secondary N) is 1. The largest absolute Gasteiger partial charge is 0.349 e. The molecule has 0 bridgehead atoms. The van der Waals surface area contributed by atoms with E-state index < -0.39 is 5.82 Å². The van der Waals surface area contributed by atoms with E-state index in [0.29, 0.717) is 4.90 Å². The van der Waals surface area contributed by atoms with Crippen molar-refractivity contribution in [2.45, 2.75) is 16.8 Å². The van der Waals surface area contributed by atoms with Crippen LogP contribution in [0.1, 0.15) is 17.3 Å². The first-order valence-corrected chi connectivity index (χ1v) is 7.02. The molecule has 2 nitrogen and oxygen atoms in total. The second-order valence-corrected chi connectivity index (χ2v) is 5.58. The monoisotopic (exact) mass is 285 g/mol. The fourth-order valence-electron chi connectivity index (χ4n) is 2.15. The Hall–Kier alpha value is -2.07. The van der Waals surface area contributed by atoms with Gasteiger partial charge in [0.05, 0.1) is 10.6 Å². The summed E-state index contributed by atoms with van der Waals surface area (Å²) in [4.78, 5) is 15.5. The Kier molecular flexibility index (Phi) is 3.32. The van der Waals surface area contributed by atoms with Crippen LogP contribution in [0.25, 0.3) is 10.9 Å². The number of Topliss-reactive ketones (excluding diaryl/α,β-unsaturated/α-hetero) is 1. The first-order valence-electron chi connectivity index (χ1n) is 6.20. The van der Waals surface area contributed by atoms with Crippen LogP contribution in [0.3, 0.4) is 0 Å². The highest BCUT2D eigenvalue weighted by Crippen LogP contribution is 2.33. The molecule has 2 aromatic carbocycles. The van der Waals surface area contributed by atoms with Gasteiger partial charge < -0.3 is 4.98 Å². The molecule has 0 amide bonds. The number of rotatable bonds is 3. The molecule has 3 aromatic rings. The van der Waals surface area contributed by atoms with E-state index in [1.807, 2.05) is 30.3 Å². The molecular formula is C16H12FNOS. The Balaban J connectivity index is 2.02. The Morgan fingerprint density at radius 2 is 1.95 bits per heavy atom. The van der Waals surface area contributed by atoms with Gasteiger partial charge in [-0.15, -0.1) is 0 Å². The summed E-state index contributed by atoms with van der Waals surface area (Å²) in [5.41, 5.74) is 1.17. The number of benzene rings is 2. The molecule has 0 aliphatic carbocycles. The van der Waals surface area contributed by atoms with Crippen molar-refractivity contribution in [1.29, 1.82) is 0 Å². The molecule has 0 aliphatic heterocycles. The van der Waals surface area contributed by atoms with Gasteiger partial charge in [0.15, 0.2) is 5.78 Å². The highest BCUT2D eigenvalue weighted by molar-refractivity contribution is 7.99. The first-order chi connectivity index (χ1) is 9.65. The lowest BCUT2D eigenvalue weighted by atomic mass is 10.1. The summed E-state index contributed by atoms with van der Waals surface area (Å²) in [6, 6.07) is 14.6. The van der Waals surface area contributed by atoms with Crippen LogP contribution in [0.5, 0.6) is 0 Å². The Morgan fingerprint density at radius 1 is 1.15 bits per heavy atom. The molecule has 4 heteroatoms. The zero-order chi connectivity index (χ0) is 14.1. The molecule has 1 aromatic heterocycles. The summed E-state index contributed by atoms with van der Waals surface area (Å²) in [5.74, 6) is -0.736. The molecule has 0 unspecified atom stereocenters. The second kappa shape index (κ2) is 5.13. The number of hydrogen-bond acceptors (Lipinski definition) is 2. The minimum atomic E-state index is -0.474. The van der Waals surface area contributed by atoms with Gasteiger partial charge in [-0.3, -0.25) is 4.79 Å². The van der Waals surface area contributed by atoms with Gasteiger partial charge in [0.2, 0.25) is 0 Å². The van der Waals surface area contributed by atoms with Crippen LogP contribution in [0.15, 0.2) is 58.5 Å². The summed E-state index contributed by atoms with van der Waals surface area (Å²) < 4.78 is 13.8. The van der Waals surface area contributed by atoms with E-state index >= 15 is 0 Å². The summed E-state index contributed by atoms with van der Waals surface area (Å²) in [5, 5.41) is 1.98. The van der Waals surface area contributed by atoms with Crippen LogP contribution in [-0.4, -0.2) is 10.8 Å². The van der Waals surface area contributed by atoms with Crippen LogP contribution in [0.4, 0.5) is 4.39 Å². The third-order valence-electron chi connectivity index (χ3n) is 3.05. The summed E-state index contributed by atoms with van der Waals surface area (Å²) in [7, 11) is 0. The van der Waals surface area contributed by atoms with E-state index in [9.17, 15) is 9.18 Å². The number of ketones is 1. The van der Waals surface area contributed by atoms with Gasteiger partial charge in [0, 0.05) is 15.8 Å². The van der Waals surface area contributed by atoms with Crippen molar-refractivity contribution in [2.24, 2.45) is 0 Å². The predicted octanol–water partition coefficient (Wildman–Crippen LogP) is 4.66. The standard InChI is InChI=1S/C16H12FNOS/c1-10(19)16-12(17)6-4-8-14(16)20-15-9-11-5-2-3-7-13(11)18-15/h2-9,18H,1H3. The SMILES string of the molecule is CC(=O)c1c(F)cccc1Sc1cc2ccccc2[nH]1. The molecule has 0 saturated heterocycles. The highest BCUT2D eigenvalue weighted by Gasteiger charge is 2.14. The lowest BCUT2D eigenvalue weighted by Gasteiger charge is -2.06. The molecule has 0 spiro atoms. The predicted molar refractivity (Wildman–Crippen MR) is 78.8 cm³/mol. The zero-order valence-electron chi connectivity index (χ0n) is 10.8. The number of H-pyrrole nitrogens is 1. The molecule has 0 saturated carbocycles. The van der Waals surface area contributed by atoms with E-state index in [4.69, 9.17) is 0 Å². The topological polar surface area (TPSA) is 32.9 Å². The van der Waals surface area contributed by atoms with Crippen molar-refractivity contribution in [3.63, 3.8) is 0 Å². The van der Waals surface area contributed by atoms with Gasteiger partial charge in [-0.05, 0) is 31.2 Å². The molecule has 1 N–H and O–H groups in total. The van der Waals surface area contributed by atoms with Crippen LogP contribution < -0.4 is 0 Å². The van der Waals surface area contributed by atoms with Crippen LogP contribution >= 0.6 is 11.8 Å². The third-order valence-corrected chi connectivity index (χ3v) is 4.05. The van der Waals surface area contributed by atoms with Crippen molar-refractivity contribution in [2.75, 3.05) is 0 Å². The van der Waals surface area contributed by atoms with E-state index in [-0.39, 0.29) is 11.3 Å².